The van der Waals surface area contributed by atoms with Crippen molar-refractivity contribution in [3.63, 3.8) is 0 Å². The lowest BCUT2D eigenvalue weighted by molar-refractivity contribution is 0.0697. The number of hydrogen-bond acceptors (Lipinski definition) is 3. The van der Waals surface area contributed by atoms with E-state index in [2.05, 4.69) is 0 Å². The molecule has 0 unspecified atom stereocenters. The SMILES string of the molecule is Cc1ccc(C#N)cc1Oc1ccc(C(=O)O)cc1. The van der Waals surface area contributed by atoms with E-state index in [4.69, 9.17) is 15.1 Å². The van der Waals surface area contributed by atoms with E-state index in [0.717, 1.165) is 5.56 Å². The molecule has 0 aromatic heterocycles. The lowest BCUT2D eigenvalue weighted by Crippen LogP contribution is -1.95. The van der Waals surface area contributed by atoms with Gasteiger partial charge in [-0.2, -0.15) is 5.26 Å². The Morgan fingerprint density at radius 1 is 1.21 bits per heavy atom. The Hall–Kier alpha value is -2.80. The van der Waals surface area contributed by atoms with E-state index in [1.165, 1.54) is 12.1 Å². The monoisotopic (exact) mass is 253 g/mol. The predicted octanol–water partition coefficient (Wildman–Crippen LogP) is 3.36. The summed E-state index contributed by atoms with van der Waals surface area (Å²) in [7, 11) is 0. The van der Waals surface area contributed by atoms with E-state index in [1.807, 2.05) is 13.0 Å². The minimum Gasteiger partial charge on any atom is -0.478 e. The molecule has 0 spiro atoms. The molecule has 0 saturated carbocycles. The van der Waals surface area contributed by atoms with Crippen LogP contribution >= 0.6 is 0 Å². The van der Waals surface area contributed by atoms with Crippen LogP contribution in [0, 0.1) is 18.3 Å². The second kappa shape index (κ2) is 5.23. The zero-order chi connectivity index (χ0) is 13.8. The second-order valence-corrected chi connectivity index (χ2v) is 4.02. The molecule has 0 fully saturated rings. The molecular formula is C15H11NO3. The van der Waals surface area contributed by atoms with Gasteiger partial charge in [-0.3, -0.25) is 0 Å². The van der Waals surface area contributed by atoms with Crippen molar-refractivity contribution in [1.29, 1.82) is 5.26 Å². The molecule has 19 heavy (non-hydrogen) atoms. The van der Waals surface area contributed by atoms with Gasteiger partial charge in [-0.25, -0.2) is 4.79 Å². The van der Waals surface area contributed by atoms with Gasteiger partial charge in [0.2, 0.25) is 0 Å². The largest absolute Gasteiger partial charge is 0.478 e. The van der Waals surface area contributed by atoms with E-state index >= 15 is 0 Å². The van der Waals surface area contributed by atoms with Crippen LogP contribution in [0.2, 0.25) is 0 Å². The molecule has 2 aromatic rings. The number of aromatic carboxylic acids is 1. The number of carbonyl (C=O) groups is 1. The molecule has 2 rings (SSSR count). The van der Waals surface area contributed by atoms with Crippen LogP contribution in [0.5, 0.6) is 11.5 Å². The minimum atomic E-state index is -0.978. The van der Waals surface area contributed by atoms with Crippen LogP contribution in [0.3, 0.4) is 0 Å². The molecule has 0 aliphatic rings. The average molecular weight is 253 g/mol. The highest BCUT2D eigenvalue weighted by Crippen LogP contribution is 2.26. The summed E-state index contributed by atoms with van der Waals surface area (Å²) in [5.41, 5.74) is 1.62. The van der Waals surface area contributed by atoms with Gasteiger partial charge < -0.3 is 9.84 Å². The molecule has 1 N–H and O–H groups in total. The fourth-order valence-corrected chi connectivity index (χ4v) is 1.57. The summed E-state index contributed by atoms with van der Waals surface area (Å²) in [6, 6.07) is 13.3. The standard InChI is InChI=1S/C15H11NO3/c1-10-2-3-11(9-16)8-14(10)19-13-6-4-12(5-7-13)15(17)18/h2-8H,1H3,(H,17,18). The van der Waals surface area contributed by atoms with Crippen molar-refractivity contribution in [3.05, 3.63) is 59.2 Å². The van der Waals surface area contributed by atoms with Crippen molar-refractivity contribution < 1.29 is 14.6 Å². The summed E-state index contributed by atoms with van der Waals surface area (Å²) in [6.07, 6.45) is 0. The maximum absolute atomic E-state index is 10.7. The summed E-state index contributed by atoms with van der Waals surface area (Å²) >= 11 is 0. The quantitative estimate of drug-likeness (QED) is 0.910. The molecule has 0 radical (unpaired) electrons. The average Bonchev–Trinajstić information content (AvgIpc) is 2.42. The number of nitrogens with zero attached hydrogens (tertiary/aromatic N) is 1. The summed E-state index contributed by atoms with van der Waals surface area (Å²) in [4.78, 5) is 10.7. The van der Waals surface area contributed by atoms with Crippen molar-refractivity contribution in [2.45, 2.75) is 6.92 Å². The van der Waals surface area contributed by atoms with Crippen molar-refractivity contribution in [2.75, 3.05) is 0 Å². The highest BCUT2D eigenvalue weighted by molar-refractivity contribution is 5.87. The van der Waals surface area contributed by atoms with Crippen LogP contribution in [0.15, 0.2) is 42.5 Å². The first-order valence-corrected chi connectivity index (χ1v) is 5.62. The Morgan fingerprint density at radius 2 is 1.89 bits per heavy atom. The first kappa shape index (κ1) is 12.7. The molecule has 0 atom stereocenters. The van der Waals surface area contributed by atoms with Crippen molar-refractivity contribution in [2.24, 2.45) is 0 Å². The molecule has 94 valence electrons. The highest BCUT2D eigenvalue weighted by atomic mass is 16.5. The minimum absolute atomic E-state index is 0.204. The molecule has 2 aromatic carbocycles. The van der Waals surface area contributed by atoms with Gasteiger partial charge in [-0.05, 0) is 48.9 Å². The molecule has 4 nitrogen and oxygen atoms in total. The Kier molecular flexibility index (Phi) is 3.48. The molecule has 0 bridgehead atoms. The van der Waals surface area contributed by atoms with E-state index in [0.29, 0.717) is 17.1 Å². The normalized spacial score (nSPS) is 9.68. The van der Waals surface area contributed by atoms with Crippen LogP contribution in [0.4, 0.5) is 0 Å². The van der Waals surface area contributed by atoms with Crippen LogP contribution in [-0.2, 0) is 0 Å². The number of nitriles is 1. The molecule has 0 amide bonds. The van der Waals surface area contributed by atoms with Gasteiger partial charge in [-0.15, -0.1) is 0 Å². The van der Waals surface area contributed by atoms with Gasteiger partial charge in [0, 0.05) is 0 Å². The topological polar surface area (TPSA) is 70.3 Å². The third kappa shape index (κ3) is 2.90. The van der Waals surface area contributed by atoms with Crippen molar-refractivity contribution in [3.8, 4) is 17.6 Å². The number of carboxylic acids is 1. The fraction of sp³-hybridized carbons (Fsp3) is 0.0667. The zero-order valence-corrected chi connectivity index (χ0v) is 10.3. The smallest absolute Gasteiger partial charge is 0.335 e. The zero-order valence-electron chi connectivity index (χ0n) is 10.3. The first-order chi connectivity index (χ1) is 9.10. The van der Waals surface area contributed by atoms with Crippen molar-refractivity contribution in [1.82, 2.24) is 0 Å². The van der Waals surface area contributed by atoms with Crippen LogP contribution < -0.4 is 4.74 Å². The predicted molar refractivity (Wildman–Crippen MR) is 69.4 cm³/mol. The van der Waals surface area contributed by atoms with E-state index in [1.54, 1.807) is 30.3 Å². The summed E-state index contributed by atoms with van der Waals surface area (Å²) in [5.74, 6) is 0.138. The second-order valence-electron chi connectivity index (χ2n) is 4.02. The molecule has 0 heterocycles. The van der Waals surface area contributed by atoms with E-state index < -0.39 is 5.97 Å². The molecular weight excluding hydrogens is 242 g/mol. The number of benzene rings is 2. The maximum Gasteiger partial charge on any atom is 0.335 e. The Bertz CT molecular complexity index is 654. The molecule has 0 aliphatic heterocycles. The molecule has 4 heteroatoms. The third-order valence-electron chi connectivity index (χ3n) is 2.65. The summed E-state index contributed by atoms with van der Waals surface area (Å²) in [6.45, 7) is 1.88. The highest BCUT2D eigenvalue weighted by Gasteiger charge is 2.05. The third-order valence-corrected chi connectivity index (χ3v) is 2.65. The first-order valence-electron chi connectivity index (χ1n) is 5.62. The van der Waals surface area contributed by atoms with Crippen LogP contribution in [0.25, 0.3) is 0 Å². The Morgan fingerprint density at radius 3 is 2.47 bits per heavy atom. The van der Waals surface area contributed by atoms with Crippen LogP contribution in [0.1, 0.15) is 21.5 Å². The Labute approximate surface area is 110 Å². The lowest BCUT2D eigenvalue weighted by Gasteiger charge is -2.09. The molecule has 0 aliphatic carbocycles. The van der Waals surface area contributed by atoms with Gasteiger partial charge in [0.1, 0.15) is 11.5 Å². The number of aryl methyl sites for hydroxylation is 1. The van der Waals surface area contributed by atoms with Gasteiger partial charge in [0.05, 0.1) is 17.2 Å². The summed E-state index contributed by atoms with van der Waals surface area (Å²) < 4.78 is 5.64. The van der Waals surface area contributed by atoms with Gasteiger partial charge in [0.15, 0.2) is 0 Å². The maximum atomic E-state index is 10.7. The number of carboxylic acid groups (broad SMARTS) is 1. The number of rotatable bonds is 3. The Balaban J connectivity index is 2.26. The van der Waals surface area contributed by atoms with Crippen LogP contribution in [-0.4, -0.2) is 11.1 Å². The molecule has 0 saturated heterocycles. The van der Waals surface area contributed by atoms with Gasteiger partial charge >= 0.3 is 5.97 Å². The number of ether oxygens (including phenoxy) is 1. The van der Waals surface area contributed by atoms with Crippen molar-refractivity contribution >= 4 is 5.97 Å². The van der Waals surface area contributed by atoms with Gasteiger partial charge in [-0.1, -0.05) is 6.07 Å². The summed E-state index contributed by atoms with van der Waals surface area (Å²) in [5, 5.41) is 17.6. The van der Waals surface area contributed by atoms with E-state index in [9.17, 15) is 4.79 Å². The lowest BCUT2D eigenvalue weighted by atomic mass is 10.1. The van der Waals surface area contributed by atoms with E-state index in [-0.39, 0.29) is 5.56 Å². The fourth-order valence-electron chi connectivity index (χ4n) is 1.57. The number of hydrogen-bond donors (Lipinski definition) is 1. The van der Waals surface area contributed by atoms with Gasteiger partial charge in [0.25, 0.3) is 0 Å².